The summed E-state index contributed by atoms with van der Waals surface area (Å²) in [6.07, 6.45) is 3.15. The molecule has 1 aromatic heterocycles. The quantitative estimate of drug-likeness (QED) is 0.887. The van der Waals surface area contributed by atoms with Crippen LogP contribution in [0.4, 0.5) is 4.39 Å². The Morgan fingerprint density at radius 2 is 1.74 bits per heavy atom. The Balaban J connectivity index is 1.97. The molecule has 1 saturated carbocycles. The predicted molar refractivity (Wildman–Crippen MR) is 95.3 cm³/mol. The largest absolute Gasteiger partial charge is 0.479 e. The first kappa shape index (κ1) is 18.8. The molecule has 1 aromatic carbocycles. The van der Waals surface area contributed by atoms with Crippen molar-refractivity contribution < 1.29 is 19.1 Å². The second-order valence-electron chi connectivity index (χ2n) is 6.71. The normalized spacial score (nSPS) is 15.9. The molecule has 27 heavy (non-hydrogen) atoms. The first-order chi connectivity index (χ1) is 12.8. The molecule has 1 amide bonds. The molecule has 1 heterocycles. The molecule has 0 spiro atoms. The van der Waals surface area contributed by atoms with E-state index in [2.05, 4.69) is 5.10 Å². The number of aliphatic carboxylic acids is 1. The third-order valence-corrected chi connectivity index (χ3v) is 5.12. The maximum atomic E-state index is 13.1. The number of carboxylic acid groups (broad SMARTS) is 1. The van der Waals surface area contributed by atoms with Crippen molar-refractivity contribution in [1.82, 2.24) is 14.7 Å². The number of halogens is 1. The summed E-state index contributed by atoms with van der Waals surface area (Å²) < 4.78 is 14.1. The summed E-state index contributed by atoms with van der Waals surface area (Å²) in [5, 5.41) is 13.8. The molecule has 1 N–H and O–H groups in total. The lowest BCUT2D eigenvalue weighted by molar-refractivity contribution is -0.151. The van der Waals surface area contributed by atoms with E-state index < -0.39 is 28.8 Å². The Kier molecular flexibility index (Phi) is 5.07. The smallest absolute Gasteiger partial charge is 0.329 e. The van der Waals surface area contributed by atoms with Crippen LogP contribution >= 0.6 is 0 Å². The number of rotatable bonds is 4. The topological polar surface area (TPSA) is 92.5 Å². The van der Waals surface area contributed by atoms with Gasteiger partial charge in [0.2, 0.25) is 0 Å². The van der Waals surface area contributed by atoms with Crippen LogP contribution in [0.5, 0.6) is 0 Å². The third kappa shape index (κ3) is 3.47. The molecule has 0 radical (unpaired) electrons. The molecule has 1 aliphatic carbocycles. The summed E-state index contributed by atoms with van der Waals surface area (Å²) in [6, 6.07) is 7.59. The molecule has 0 bridgehead atoms. The van der Waals surface area contributed by atoms with Crippen LogP contribution in [0.25, 0.3) is 5.69 Å². The van der Waals surface area contributed by atoms with Gasteiger partial charge in [-0.2, -0.15) is 9.78 Å². The third-order valence-electron chi connectivity index (χ3n) is 5.12. The van der Waals surface area contributed by atoms with Gasteiger partial charge >= 0.3 is 5.97 Å². The Hall–Kier alpha value is -3.03. The van der Waals surface area contributed by atoms with Gasteiger partial charge in [0, 0.05) is 13.1 Å². The molecule has 7 nitrogen and oxygen atoms in total. The fraction of sp³-hybridized carbons (Fsp3) is 0.368. The molecule has 2 aromatic rings. The molecular weight excluding hydrogens is 353 g/mol. The Bertz CT molecular complexity index is 917. The highest BCUT2D eigenvalue weighted by atomic mass is 19.1. The number of benzene rings is 1. The van der Waals surface area contributed by atoms with Crippen molar-refractivity contribution in [3.8, 4) is 5.69 Å². The van der Waals surface area contributed by atoms with Crippen molar-refractivity contribution in [3.05, 3.63) is 58.3 Å². The van der Waals surface area contributed by atoms with E-state index in [0.29, 0.717) is 18.5 Å². The number of likely N-dealkylation sites (N-methyl/N-ethyl adjacent to an activating group) is 1. The minimum Gasteiger partial charge on any atom is -0.479 e. The van der Waals surface area contributed by atoms with Gasteiger partial charge in [0.1, 0.15) is 17.1 Å². The van der Waals surface area contributed by atoms with Crippen molar-refractivity contribution in [2.45, 2.75) is 37.6 Å². The van der Waals surface area contributed by atoms with E-state index in [1.165, 1.54) is 48.3 Å². The Labute approximate surface area is 155 Å². The summed E-state index contributed by atoms with van der Waals surface area (Å²) in [4.78, 5) is 38.2. The van der Waals surface area contributed by atoms with Gasteiger partial charge in [-0.25, -0.2) is 9.18 Å². The zero-order valence-electron chi connectivity index (χ0n) is 14.9. The minimum absolute atomic E-state index is 0.0485. The lowest BCUT2D eigenvalue weighted by Gasteiger charge is -2.40. The van der Waals surface area contributed by atoms with E-state index in [1.807, 2.05) is 0 Å². The lowest BCUT2D eigenvalue weighted by Crippen LogP contribution is -2.56. The van der Waals surface area contributed by atoms with Crippen molar-refractivity contribution in [1.29, 1.82) is 0 Å². The van der Waals surface area contributed by atoms with Gasteiger partial charge in [0.15, 0.2) is 0 Å². The highest BCUT2D eigenvalue weighted by Crippen LogP contribution is 2.34. The summed E-state index contributed by atoms with van der Waals surface area (Å²) in [6.45, 7) is 0. The summed E-state index contributed by atoms with van der Waals surface area (Å²) >= 11 is 0. The van der Waals surface area contributed by atoms with Crippen molar-refractivity contribution in [3.63, 3.8) is 0 Å². The maximum absolute atomic E-state index is 13.1. The Morgan fingerprint density at radius 1 is 1.11 bits per heavy atom. The van der Waals surface area contributed by atoms with Gasteiger partial charge in [-0.05, 0) is 43.2 Å². The molecule has 1 fully saturated rings. The van der Waals surface area contributed by atoms with E-state index in [9.17, 15) is 23.9 Å². The molecule has 8 heteroatoms. The van der Waals surface area contributed by atoms with E-state index in [4.69, 9.17) is 0 Å². The second-order valence-corrected chi connectivity index (χ2v) is 6.71. The van der Waals surface area contributed by atoms with Gasteiger partial charge < -0.3 is 10.0 Å². The first-order valence-corrected chi connectivity index (χ1v) is 8.73. The minimum atomic E-state index is -1.27. The molecule has 0 aliphatic heterocycles. The van der Waals surface area contributed by atoms with Crippen LogP contribution in [0.1, 0.15) is 42.6 Å². The number of carboxylic acids is 1. The standard InChI is InChI=1S/C19H20FN3O4/c1-22(19(18(26)27)11-3-2-4-12-19)17(25)15-9-10-16(24)23(21-15)14-7-5-13(20)6-8-14/h5-10H,2-4,11-12H2,1H3,(H,26,27). The first-order valence-electron chi connectivity index (χ1n) is 8.73. The van der Waals surface area contributed by atoms with Gasteiger partial charge in [-0.1, -0.05) is 19.3 Å². The van der Waals surface area contributed by atoms with E-state index in [0.717, 1.165) is 23.9 Å². The van der Waals surface area contributed by atoms with Crippen LogP contribution < -0.4 is 5.56 Å². The van der Waals surface area contributed by atoms with E-state index in [1.54, 1.807) is 0 Å². The SMILES string of the molecule is CN(C(=O)c1ccc(=O)n(-c2ccc(F)cc2)n1)C1(C(=O)O)CCCCC1. The molecule has 0 unspecified atom stereocenters. The number of carbonyl (C=O) groups excluding carboxylic acids is 1. The highest BCUT2D eigenvalue weighted by molar-refractivity contribution is 5.96. The van der Waals surface area contributed by atoms with Gasteiger partial charge in [0.25, 0.3) is 11.5 Å². The van der Waals surface area contributed by atoms with E-state index >= 15 is 0 Å². The number of carbonyl (C=O) groups is 2. The van der Waals surface area contributed by atoms with Crippen LogP contribution in [0.3, 0.4) is 0 Å². The number of hydrogen-bond acceptors (Lipinski definition) is 4. The molecular formula is C19H20FN3O4. The number of nitrogens with zero attached hydrogens (tertiary/aromatic N) is 3. The molecule has 1 aliphatic rings. The summed E-state index contributed by atoms with van der Waals surface area (Å²) in [7, 11) is 1.46. The fourth-order valence-corrected chi connectivity index (χ4v) is 3.49. The predicted octanol–water partition coefficient (Wildman–Crippen LogP) is 2.23. The van der Waals surface area contributed by atoms with Crippen LogP contribution in [0, 0.1) is 5.82 Å². The maximum Gasteiger partial charge on any atom is 0.329 e. The van der Waals surface area contributed by atoms with Crippen molar-refractivity contribution in [2.24, 2.45) is 0 Å². The average molecular weight is 373 g/mol. The fourth-order valence-electron chi connectivity index (χ4n) is 3.49. The highest BCUT2D eigenvalue weighted by Gasteiger charge is 2.46. The van der Waals surface area contributed by atoms with Crippen LogP contribution in [-0.4, -0.2) is 44.3 Å². The molecule has 0 atom stereocenters. The zero-order valence-corrected chi connectivity index (χ0v) is 14.9. The zero-order chi connectivity index (χ0) is 19.6. The monoisotopic (exact) mass is 373 g/mol. The number of hydrogen-bond donors (Lipinski definition) is 1. The van der Waals surface area contributed by atoms with Crippen molar-refractivity contribution >= 4 is 11.9 Å². The van der Waals surface area contributed by atoms with Crippen LogP contribution in [-0.2, 0) is 4.79 Å². The lowest BCUT2D eigenvalue weighted by atomic mass is 9.80. The Morgan fingerprint density at radius 3 is 2.33 bits per heavy atom. The molecule has 3 rings (SSSR count). The van der Waals surface area contributed by atoms with Gasteiger partial charge in [-0.3, -0.25) is 9.59 Å². The molecule has 0 saturated heterocycles. The average Bonchev–Trinajstić information content (AvgIpc) is 2.68. The number of amides is 1. The molecule has 142 valence electrons. The summed E-state index contributed by atoms with van der Waals surface area (Å²) in [5.74, 6) is -2.07. The van der Waals surface area contributed by atoms with Crippen LogP contribution in [0.2, 0.25) is 0 Å². The number of aromatic nitrogens is 2. The van der Waals surface area contributed by atoms with Crippen molar-refractivity contribution in [2.75, 3.05) is 7.05 Å². The van der Waals surface area contributed by atoms with E-state index in [-0.39, 0.29) is 5.69 Å². The van der Waals surface area contributed by atoms with Crippen LogP contribution in [0.15, 0.2) is 41.2 Å². The van der Waals surface area contributed by atoms with Gasteiger partial charge in [-0.15, -0.1) is 0 Å². The summed E-state index contributed by atoms with van der Waals surface area (Å²) in [5.41, 5.74) is -1.49. The van der Waals surface area contributed by atoms with Gasteiger partial charge in [0.05, 0.1) is 5.69 Å². The second kappa shape index (κ2) is 7.30.